The SMILES string of the molecule is COc1ccc(CCOc2cc(C3CC(=O)Oc4c(C(C)=O)c(O)c5c(C)cc(=O)oc5c43)ccc2OC)cc1. The fraction of sp³-hybridized carbons (Fsp3) is 0.258. The van der Waals surface area contributed by atoms with Crippen molar-refractivity contribution in [1.29, 1.82) is 0 Å². The highest BCUT2D eigenvalue weighted by molar-refractivity contribution is 6.09. The van der Waals surface area contributed by atoms with Crippen LogP contribution in [0.25, 0.3) is 11.0 Å². The number of carbonyl (C=O) groups excluding carboxylic acids is 2. The molecule has 1 aromatic heterocycles. The number of methoxy groups -OCH3 is 2. The standard InChI is InChI=1S/C31H28O9/c1-16-13-24(33)39-30-26(16)29(35)27(17(2)32)31-28(30)21(15-25(34)40-31)19-7-10-22(37-4)23(14-19)38-12-11-18-5-8-20(36-3)9-6-18/h5-10,13-14,21,35H,11-12,15H2,1-4H3. The van der Waals surface area contributed by atoms with Crippen molar-refractivity contribution in [2.24, 2.45) is 0 Å². The highest BCUT2D eigenvalue weighted by Gasteiger charge is 2.37. The van der Waals surface area contributed by atoms with Gasteiger partial charge in [-0.15, -0.1) is 0 Å². The van der Waals surface area contributed by atoms with E-state index >= 15 is 0 Å². The third-order valence-corrected chi connectivity index (χ3v) is 7.03. The molecular formula is C31H28O9. The number of Topliss-reactive ketones (excluding diaryl/α,β-unsaturated/α-hetero) is 1. The van der Waals surface area contributed by atoms with Crippen LogP contribution in [0.15, 0.2) is 57.7 Å². The topological polar surface area (TPSA) is 122 Å². The summed E-state index contributed by atoms with van der Waals surface area (Å²) in [5, 5.41) is 11.2. The van der Waals surface area contributed by atoms with Gasteiger partial charge in [-0.05, 0) is 54.8 Å². The van der Waals surface area contributed by atoms with Crippen LogP contribution >= 0.6 is 0 Å². The molecule has 0 saturated heterocycles. The lowest BCUT2D eigenvalue weighted by Gasteiger charge is -2.28. The Hall–Kier alpha value is -4.79. The molecule has 40 heavy (non-hydrogen) atoms. The first-order chi connectivity index (χ1) is 19.2. The third kappa shape index (κ3) is 4.86. The van der Waals surface area contributed by atoms with Gasteiger partial charge in [-0.1, -0.05) is 18.2 Å². The van der Waals surface area contributed by atoms with E-state index in [0.717, 1.165) is 11.3 Å². The minimum absolute atomic E-state index is 0.0674. The number of phenolic OH excluding ortho intramolecular Hbond substituents is 1. The van der Waals surface area contributed by atoms with Crippen molar-refractivity contribution in [3.63, 3.8) is 0 Å². The predicted molar refractivity (Wildman–Crippen MR) is 146 cm³/mol. The van der Waals surface area contributed by atoms with Crippen molar-refractivity contribution < 1.29 is 38.1 Å². The summed E-state index contributed by atoms with van der Waals surface area (Å²) in [6.07, 6.45) is 0.547. The van der Waals surface area contributed by atoms with Crippen LogP contribution in [0.3, 0.4) is 0 Å². The van der Waals surface area contributed by atoms with Crippen LogP contribution in [0.4, 0.5) is 0 Å². The minimum Gasteiger partial charge on any atom is -0.506 e. The number of phenols is 1. The van der Waals surface area contributed by atoms with Crippen LogP contribution < -0.4 is 24.6 Å². The normalized spacial score (nSPS) is 14.4. The van der Waals surface area contributed by atoms with Crippen molar-refractivity contribution in [1.82, 2.24) is 0 Å². The second-order valence-corrected chi connectivity index (χ2v) is 9.56. The van der Waals surface area contributed by atoms with Crippen molar-refractivity contribution in [3.8, 4) is 28.7 Å². The van der Waals surface area contributed by atoms with Crippen LogP contribution in [-0.2, 0) is 11.2 Å². The number of aryl methyl sites for hydroxylation is 1. The van der Waals surface area contributed by atoms with E-state index in [-0.39, 0.29) is 28.7 Å². The zero-order valence-electron chi connectivity index (χ0n) is 22.5. The molecule has 2 heterocycles. The van der Waals surface area contributed by atoms with Gasteiger partial charge in [0.15, 0.2) is 23.0 Å². The summed E-state index contributed by atoms with van der Waals surface area (Å²) in [4.78, 5) is 37.8. The predicted octanol–water partition coefficient (Wildman–Crippen LogP) is 5.09. The molecule has 3 aromatic carbocycles. The van der Waals surface area contributed by atoms with Gasteiger partial charge in [-0.25, -0.2) is 4.79 Å². The van der Waals surface area contributed by atoms with E-state index in [1.807, 2.05) is 24.3 Å². The summed E-state index contributed by atoms with van der Waals surface area (Å²) in [7, 11) is 3.15. The Morgan fingerprint density at radius 3 is 2.45 bits per heavy atom. The molecule has 0 aliphatic carbocycles. The van der Waals surface area contributed by atoms with Crippen molar-refractivity contribution in [2.45, 2.75) is 32.6 Å². The zero-order valence-corrected chi connectivity index (χ0v) is 22.5. The third-order valence-electron chi connectivity index (χ3n) is 7.03. The summed E-state index contributed by atoms with van der Waals surface area (Å²) in [6, 6.07) is 14.2. The molecule has 0 spiro atoms. The monoisotopic (exact) mass is 544 g/mol. The number of carbonyl (C=O) groups is 2. The lowest BCUT2D eigenvalue weighted by atomic mass is 9.82. The number of fused-ring (bicyclic) bond motifs is 3. The molecule has 1 atom stereocenters. The molecule has 0 radical (unpaired) electrons. The Kier molecular flexibility index (Phi) is 7.21. The van der Waals surface area contributed by atoms with E-state index in [1.54, 1.807) is 32.2 Å². The Morgan fingerprint density at radius 2 is 1.77 bits per heavy atom. The molecular weight excluding hydrogens is 516 g/mol. The molecule has 0 fully saturated rings. The molecule has 1 unspecified atom stereocenters. The summed E-state index contributed by atoms with van der Waals surface area (Å²) in [6.45, 7) is 3.27. The van der Waals surface area contributed by atoms with Crippen LogP contribution in [0.5, 0.6) is 28.7 Å². The second kappa shape index (κ2) is 10.8. The quantitative estimate of drug-likeness (QED) is 0.140. The summed E-state index contributed by atoms with van der Waals surface area (Å²) < 4.78 is 27.9. The van der Waals surface area contributed by atoms with Crippen LogP contribution in [0, 0.1) is 6.92 Å². The summed E-state index contributed by atoms with van der Waals surface area (Å²) in [5.74, 6) is -0.514. The maximum Gasteiger partial charge on any atom is 0.336 e. The molecule has 206 valence electrons. The molecule has 1 N–H and O–H groups in total. The highest BCUT2D eigenvalue weighted by atomic mass is 16.5. The molecule has 4 aromatic rings. The first kappa shape index (κ1) is 26.8. The highest BCUT2D eigenvalue weighted by Crippen LogP contribution is 2.50. The molecule has 9 nitrogen and oxygen atoms in total. The van der Waals surface area contributed by atoms with E-state index in [2.05, 4.69) is 0 Å². The average Bonchev–Trinajstić information content (AvgIpc) is 2.92. The number of benzene rings is 3. The molecule has 5 rings (SSSR count). The first-order valence-electron chi connectivity index (χ1n) is 12.7. The Bertz CT molecular complexity index is 1680. The van der Waals surface area contributed by atoms with E-state index in [1.165, 1.54) is 20.1 Å². The molecule has 1 aliphatic rings. The Balaban J connectivity index is 1.59. The average molecular weight is 545 g/mol. The number of esters is 1. The molecule has 0 bridgehead atoms. The number of ether oxygens (including phenoxy) is 4. The van der Waals surface area contributed by atoms with Crippen LogP contribution in [0.2, 0.25) is 0 Å². The molecule has 0 amide bonds. The molecule has 0 saturated carbocycles. The fourth-order valence-corrected chi connectivity index (χ4v) is 5.12. The van der Waals surface area contributed by atoms with E-state index in [4.69, 9.17) is 23.4 Å². The minimum atomic E-state index is -0.655. The second-order valence-electron chi connectivity index (χ2n) is 9.56. The smallest absolute Gasteiger partial charge is 0.336 e. The molecule has 9 heteroatoms. The maximum atomic E-state index is 12.8. The van der Waals surface area contributed by atoms with Gasteiger partial charge in [0.05, 0.1) is 32.6 Å². The van der Waals surface area contributed by atoms with Gasteiger partial charge in [-0.3, -0.25) is 9.59 Å². The van der Waals surface area contributed by atoms with E-state index in [0.29, 0.717) is 41.2 Å². The van der Waals surface area contributed by atoms with E-state index in [9.17, 15) is 19.5 Å². The van der Waals surface area contributed by atoms with Gasteiger partial charge >= 0.3 is 11.6 Å². The number of aromatic hydroxyl groups is 1. The van der Waals surface area contributed by atoms with Crippen LogP contribution in [-0.4, -0.2) is 37.7 Å². The molecule has 1 aliphatic heterocycles. The number of rotatable bonds is 8. The van der Waals surface area contributed by atoms with Crippen molar-refractivity contribution in [3.05, 3.63) is 86.8 Å². The maximum absolute atomic E-state index is 12.8. The lowest BCUT2D eigenvalue weighted by molar-refractivity contribution is -0.135. The van der Waals surface area contributed by atoms with Crippen LogP contribution in [0.1, 0.15) is 51.9 Å². The van der Waals surface area contributed by atoms with Gasteiger partial charge in [-0.2, -0.15) is 0 Å². The number of ketones is 1. The Morgan fingerprint density at radius 1 is 1.02 bits per heavy atom. The van der Waals surface area contributed by atoms with Gasteiger partial charge in [0.25, 0.3) is 0 Å². The van der Waals surface area contributed by atoms with Gasteiger partial charge in [0.2, 0.25) is 0 Å². The van der Waals surface area contributed by atoms with Gasteiger partial charge in [0.1, 0.15) is 22.6 Å². The Labute approximate surface area is 229 Å². The largest absolute Gasteiger partial charge is 0.506 e. The van der Waals surface area contributed by atoms with E-state index < -0.39 is 29.0 Å². The zero-order chi connectivity index (χ0) is 28.6. The fourth-order valence-electron chi connectivity index (χ4n) is 5.12. The summed E-state index contributed by atoms with van der Waals surface area (Å²) >= 11 is 0. The number of hydrogen-bond donors (Lipinski definition) is 1. The van der Waals surface area contributed by atoms with Gasteiger partial charge < -0.3 is 28.5 Å². The number of hydrogen-bond acceptors (Lipinski definition) is 9. The van der Waals surface area contributed by atoms with Gasteiger partial charge in [0, 0.05) is 24.0 Å². The summed E-state index contributed by atoms with van der Waals surface area (Å²) in [5.41, 5.74) is 1.79. The van der Waals surface area contributed by atoms with Crippen molar-refractivity contribution >= 4 is 22.7 Å². The first-order valence-corrected chi connectivity index (χ1v) is 12.7. The van der Waals surface area contributed by atoms with Crippen molar-refractivity contribution in [2.75, 3.05) is 20.8 Å². The lowest BCUT2D eigenvalue weighted by Crippen LogP contribution is -2.24.